The highest BCUT2D eigenvalue weighted by Gasteiger charge is 2.47. The van der Waals surface area contributed by atoms with Crippen molar-refractivity contribution in [1.29, 1.82) is 0 Å². The number of imide groups is 1. The van der Waals surface area contributed by atoms with Gasteiger partial charge in [-0.2, -0.15) is 0 Å². The second-order valence-corrected chi connectivity index (χ2v) is 16.0. The SMILES string of the molecule is CC(C)[Si](Oc1cc(CNC=C2C(=O)NC(=O)c3ccc(Br)cc32)ccc1N)(C(C)C)C(C)C. The fourth-order valence-corrected chi connectivity index (χ4v) is 10.7. The molecule has 8 heteroatoms. The summed E-state index contributed by atoms with van der Waals surface area (Å²) in [5, 5.41) is 5.61. The van der Waals surface area contributed by atoms with Gasteiger partial charge in [0, 0.05) is 28.3 Å². The third-order valence-electron chi connectivity index (χ3n) is 6.61. The summed E-state index contributed by atoms with van der Waals surface area (Å²) < 4.78 is 7.61. The number of fused-ring (bicyclic) bond motifs is 1. The largest absolute Gasteiger partial charge is 0.541 e. The molecular formula is C26H34BrN3O3Si. The number of rotatable bonds is 8. The number of hydrogen-bond donors (Lipinski definition) is 3. The molecule has 34 heavy (non-hydrogen) atoms. The molecule has 1 aliphatic heterocycles. The first-order valence-corrected chi connectivity index (χ1v) is 14.6. The molecule has 6 nitrogen and oxygen atoms in total. The number of carbonyl (C=O) groups excluding carboxylic acids is 2. The van der Waals surface area contributed by atoms with Gasteiger partial charge in [0.1, 0.15) is 5.75 Å². The Kier molecular flexibility index (Phi) is 7.93. The minimum absolute atomic E-state index is 0.391. The van der Waals surface area contributed by atoms with Crippen molar-refractivity contribution in [3.8, 4) is 5.75 Å². The maximum Gasteiger partial charge on any atom is 0.260 e. The van der Waals surface area contributed by atoms with Crippen LogP contribution in [0.2, 0.25) is 16.6 Å². The quantitative estimate of drug-likeness (QED) is 0.164. The van der Waals surface area contributed by atoms with E-state index >= 15 is 0 Å². The Balaban J connectivity index is 1.85. The second kappa shape index (κ2) is 10.4. The summed E-state index contributed by atoms with van der Waals surface area (Å²) in [7, 11) is -2.14. The molecule has 0 spiro atoms. The van der Waals surface area contributed by atoms with Crippen LogP contribution in [0.3, 0.4) is 0 Å². The lowest BCUT2D eigenvalue weighted by molar-refractivity contribution is -0.114. The van der Waals surface area contributed by atoms with Crippen molar-refractivity contribution in [3.05, 3.63) is 63.8 Å². The highest BCUT2D eigenvalue weighted by molar-refractivity contribution is 9.10. The molecule has 4 N–H and O–H groups in total. The van der Waals surface area contributed by atoms with E-state index in [2.05, 4.69) is 68.1 Å². The van der Waals surface area contributed by atoms with Gasteiger partial charge in [-0.15, -0.1) is 0 Å². The number of carbonyl (C=O) groups is 2. The zero-order valence-electron chi connectivity index (χ0n) is 20.7. The lowest BCUT2D eigenvalue weighted by Crippen LogP contribution is -2.50. The van der Waals surface area contributed by atoms with E-state index < -0.39 is 20.1 Å². The van der Waals surface area contributed by atoms with Crippen molar-refractivity contribution < 1.29 is 14.0 Å². The topological polar surface area (TPSA) is 93.5 Å². The van der Waals surface area contributed by atoms with Crippen molar-refractivity contribution in [1.82, 2.24) is 10.6 Å². The minimum atomic E-state index is -2.14. The number of halogens is 1. The molecule has 3 rings (SSSR count). The van der Waals surface area contributed by atoms with Crippen LogP contribution < -0.4 is 20.8 Å². The Morgan fingerprint density at radius 3 is 2.24 bits per heavy atom. The predicted octanol–water partition coefficient (Wildman–Crippen LogP) is 5.99. The molecule has 0 aliphatic carbocycles. The van der Waals surface area contributed by atoms with Crippen LogP contribution in [-0.4, -0.2) is 20.1 Å². The van der Waals surface area contributed by atoms with Crippen molar-refractivity contribution in [2.45, 2.75) is 64.7 Å². The van der Waals surface area contributed by atoms with E-state index in [1.165, 1.54) is 0 Å². The molecule has 2 amide bonds. The zero-order chi connectivity index (χ0) is 25.2. The molecule has 0 aromatic heterocycles. The van der Waals surface area contributed by atoms with Gasteiger partial charge >= 0.3 is 0 Å². The normalized spacial score (nSPS) is 15.2. The Labute approximate surface area is 211 Å². The fraction of sp³-hybridized carbons (Fsp3) is 0.385. The summed E-state index contributed by atoms with van der Waals surface area (Å²) in [5.74, 6) is -0.0888. The molecule has 1 heterocycles. The number of nitrogen functional groups attached to an aromatic ring is 1. The average molecular weight is 545 g/mol. The highest BCUT2D eigenvalue weighted by Crippen LogP contribution is 2.44. The molecule has 0 saturated heterocycles. The monoisotopic (exact) mass is 543 g/mol. The Morgan fingerprint density at radius 2 is 1.62 bits per heavy atom. The molecule has 2 aromatic rings. The second-order valence-electron chi connectivity index (χ2n) is 9.70. The summed E-state index contributed by atoms with van der Waals surface area (Å²) in [6.45, 7) is 14.0. The number of nitrogens with two attached hydrogens (primary N) is 1. The van der Waals surface area contributed by atoms with Gasteiger partial charge < -0.3 is 15.5 Å². The van der Waals surface area contributed by atoms with Crippen molar-refractivity contribution in [2.24, 2.45) is 0 Å². The van der Waals surface area contributed by atoms with Gasteiger partial charge in [0.2, 0.25) is 0 Å². The van der Waals surface area contributed by atoms with E-state index in [0.29, 0.717) is 45.6 Å². The number of nitrogens with one attached hydrogen (secondary N) is 2. The fourth-order valence-electron chi connectivity index (χ4n) is 5.03. The first kappa shape index (κ1) is 26.0. The molecule has 0 atom stereocenters. The molecule has 0 unspecified atom stereocenters. The number of hydrogen-bond acceptors (Lipinski definition) is 5. The van der Waals surface area contributed by atoms with E-state index in [-0.39, 0.29) is 0 Å². The van der Waals surface area contributed by atoms with Gasteiger partial charge in [-0.3, -0.25) is 14.9 Å². The third-order valence-corrected chi connectivity index (χ3v) is 13.1. The van der Waals surface area contributed by atoms with Gasteiger partial charge in [-0.25, -0.2) is 0 Å². The van der Waals surface area contributed by atoms with Gasteiger partial charge in [-0.1, -0.05) is 63.5 Å². The molecule has 0 radical (unpaired) electrons. The molecule has 182 valence electrons. The average Bonchev–Trinajstić information content (AvgIpc) is 2.75. The van der Waals surface area contributed by atoms with Crippen LogP contribution in [0.1, 0.15) is 63.0 Å². The van der Waals surface area contributed by atoms with Crippen molar-refractivity contribution >= 4 is 47.3 Å². The lowest BCUT2D eigenvalue weighted by Gasteiger charge is -2.42. The van der Waals surface area contributed by atoms with E-state index in [1.807, 2.05) is 18.2 Å². The predicted molar refractivity (Wildman–Crippen MR) is 144 cm³/mol. The van der Waals surface area contributed by atoms with Crippen molar-refractivity contribution in [3.63, 3.8) is 0 Å². The minimum Gasteiger partial charge on any atom is -0.541 e. The number of anilines is 1. The van der Waals surface area contributed by atoms with Gasteiger partial charge in [0.25, 0.3) is 20.1 Å². The summed E-state index contributed by atoms with van der Waals surface area (Å²) >= 11 is 3.42. The molecule has 0 saturated carbocycles. The van der Waals surface area contributed by atoms with Crippen molar-refractivity contribution in [2.75, 3.05) is 5.73 Å². The summed E-state index contributed by atoms with van der Waals surface area (Å²) in [6.07, 6.45) is 1.65. The maximum atomic E-state index is 12.5. The van der Waals surface area contributed by atoms with E-state index in [9.17, 15) is 9.59 Å². The molecule has 0 fully saturated rings. The van der Waals surface area contributed by atoms with Gasteiger partial charge in [-0.05, 0) is 52.5 Å². The van der Waals surface area contributed by atoms with Crippen LogP contribution in [0.5, 0.6) is 5.75 Å². The first-order chi connectivity index (χ1) is 16.0. The van der Waals surface area contributed by atoms with E-state index in [1.54, 1.807) is 24.4 Å². The molecule has 1 aliphatic rings. The zero-order valence-corrected chi connectivity index (χ0v) is 23.2. The Bertz CT molecular complexity index is 1110. The van der Waals surface area contributed by atoms with Crippen LogP contribution in [0.25, 0.3) is 5.57 Å². The summed E-state index contributed by atoms with van der Waals surface area (Å²) in [4.78, 5) is 24.6. The van der Waals surface area contributed by atoms with E-state index in [0.717, 1.165) is 15.8 Å². The standard InChI is InChI=1S/C26H34BrN3O3Si/c1-15(2)34(16(3)4,17(5)6)33-24-11-18(7-10-23(24)28)13-29-14-22-21-12-19(27)8-9-20(21)25(31)30-26(22)32/h7-12,14-17,29H,13,28H2,1-6H3,(H,30,31,32). The van der Waals surface area contributed by atoms with Crippen LogP contribution in [-0.2, 0) is 11.3 Å². The Morgan fingerprint density at radius 1 is 0.971 bits per heavy atom. The van der Waals surface area contributed by atoms with Gasteiger partial charge in [0.05, 0.1) is 11.3 Å². The smallest absolute Gasteiger partial charge is 0.260 e. The lowest BCUT2D eigenvalue weighted by atomic mass is 9.95. The van der Waals surface area contributed by atoms with E-state index in [4.69, 9.17) is 10.2 Å². The molecular weight excluding hydrogens is 510 g/mol. The van der Waals surface area contributed by atoms with Crippen LogP contribution >= 0.6 is 15.9 Å². The molecule has 2 aromatic carbocycles. The van der Waals surface area contributed by atoms with Crippen LogP contribution in [0.4, 0.5) is 5.69 Å². The third kappa shape index (κ3) is 5.07. The van der Waals surface area contributed by atoms with Crippen LogP contribution in [0, 0.1) is 0 Å². The van der Waals surface area contributed by atoms with Gasteiger partial charge in [0.15, 0.2) is 0 Å². The number of amides is 2. The number of benzene rings is 2. The van der Waals surface area contributed by atoms with Crippen LogP contribution in [0.15, 0.2) is 47.1 Å². The molecule has 0 bridgehead atoms. The summed E-state index contributed by atoms with van der Waals surface area (Å²) in [6, 6.07) is 11.1. The maximum absolute atomic E-state index is 12.5. The summed E-state index contributed by atoms with van der Waals surface area (Å²) in [5.41, 5.74) is 10.7. The first-order valence-electron chi connectivity index (χ1n) is 11.6. The highest BCUT2D eigenvalue weighted by atomic mass is 79.9. The Hall–Kier alpha value is -2.58.